The second-order valence-electron chi connectivity index (χ2n) is 11.1. The summed E-state index contributed by atoms with van der Waals surface area (Å²) in [6, 6.07) is 27.9. The predicted octanol–water partition coefficient (Wildman–Crippen LogP) is 4.41. The Morgan fingerprint density at radius 3 is 1.54 bits per heavy atom. The maximum atomic E-state index is 12.2. The van der Waals surface area contributed by atoms with Crippen LogP contribution in [0.1, 0.15) is 22.3 Å². The van der Waals surface area contributed by atoms with Crippen LogP contribution in [-0.2, 0) is 10.1 Å². The van der Waals surface area contributed by atoms with Gasteiger partial charge in [-0.1, -0.05) is 0 Å². The normalized spacial score (nSPS) is 15.7. The number of aromatic nitrogens is 2. The summed E-state index contributed by atoms with van der Waals surface area (Å²) in [6.07, 6.45) is 0. The van der Waals surface area contributed by atoms with E-state index in [9.17, 15) is 13.0 Å². The van der Waals surface area contributed by atoms with Crippen LogP contribution in [-0.4, -0.2) is 62.3 Å². The zero-order valence-electron chi connectivity index (χ0n) is 23.4. The minimum atomic E-state index is -4.49. The molecule has 0 atom stereocenters. The van der Waals surface area contributed by atoms with Gasteiger partial charge in [0.2, 0.25) is 0 Å². The molecule has 0 saturated heterocycles. The first kappa shape index (κ1) is 26.5. The molecule has 6 bridgehead atoms. The zero-order valence-corrected chi connectivity index (χ0v) is 28.2. The number of benzene rings is 4. The first-order valence-electron chi connectivity index (χ1n) is 14.3. The van der Waals surface area contributed by atoms with E-state index in [1.54, 1.807) is 6.07 Å². The van der Waals surface area contributed by atoms with Crippen LogP contribution in [0.5, 0.6) is 0 Å². The molecule has 0 aliphatic carbocycles. The van der Waals surface area contributed by atoms with Gasteiger partial charge < -0.3 is 0 Å². The fraction of sp³-hybridized carbons (Fsp3) is 0. The third kappa shape index (κ3) is 3.56. The van der Waals surface area contributed by atoms with Crippen molar-refractivity contribution in [1.29, 1.82) is 0 Å². The van der Waals surface area contributed by atoms with Crippen molar-refractivity contribution >= 4 is 96.0 Å². The molecule has 0 amide bonds. The number of hydrogen-bond donors (Lipinski definition) is 1. The number of fused-ring (bicyclic) bond motifs is 14. The van der Waals surface area contributed by atoms with E-state index in [1.807, 2.05) is 75.4 Å². The average Bonchev–Trinajstić information content (AvgIpc) is 3.77. The number of amidine groups is 4. The number of nitrogens with zero attached hydrogens (tertiary/aromatic N) is 8. The number of aliphatic imine (C=N–C) groups is 4. The molecular weight excluding hydrogens is 727 g/mol. The Morgan fingerprint density at radius 1 is 0.543 bits per heavy atom. The van der Waals surface area contributed by atoms with Crippen molar-refractivity contribution in [3.8, 4) is 0 Å². The van der Waals surface area contributed by atoms with Gasteiger partial charge in [-0.3, -0.25) is 0 Å². The van der Waals surface area contributed by atoms with Gasteiger partial charge in [-0.05, 0) is 0 Å². The topological polar surface area (TPSA) is 138 Å². The number of rotatable bonds is 1. The van der Waals surface area contributed by atoms with Gasteiger partial charge in [-0.15, -0.1) is 0 Å². The molecule has 0 spiro atoms. The van der Waals surface area contributed by atoms with Crippen LogP contribution in [0, 0.1) is 0 Å². The Morgan fingerprint density at radius 2 is 1.00 bits per heavy atom. The summed E-state index contributed by atoms with van der Waals surface area (Å²) < 4.78 is 38.3. The predicted molar refractivity (Wildman–Crippen MR) is 177 cm³/mol. The summed E-state index contributed by atoms with van der Waals surface area (Å²) in [5.41, 5.74) is 3.97. The molecule has 4 aliphatic rings. The molecule has 11 nitrogen and oxygen atoms in total. The third-order valence-corrected chi connectivity index (χ3v) is 17.3. The summed E-state index contributed by atoms with van der Waals surface area (Å²) in [6.45, 7) is 0. The molecule has 2 aromatic heterocycles. The molecule has 10 rings (SSSR count). The van der Waals surface area contributed by atoms with E-state index in [1.165, 1.54) is 12.1 Å². The zero-order chi connectivity index (χ0) is 30.9. The van der Waals surface area contributed by atoms with Gasteiger partial charge in [0, 0.05) is 0 Å². The molecule has 6 aromatic rings. The second-order valence-corrected chi connectivity index (χ2v) is 19.9. The first-order chi connectivity index (χ1) is 22.3. The van der Waals surface area contributed by atoms with Crippen LogP contribution in [0.3, 0.4) is 0 Å². The monoisotopic (exact) mass is 742 g/mol. The number of halogens is 1. The molecule has 1 N–H and O–H groups in total. The average molecular weight is 743 g/mol. The molecule has 4 aliphatic heterocycles. The standard InChI is InChI=1S/C32H16N8O3S.ClH.In/c41-44(42,43)16-13-14-23-24(15-16)32-39-30-22-12-6-5-11-21(22)28(37-30)35-26-18-8-2-1-7-17(18)25(33-26)34-27-19-9-3-4-10-20(19)29(36-27)38-31(23)40-32;;/h1-15H,(H-2,33,34,35,36,37,38,39,40,41,42,43);1H;/q-2;;+3/p-1. The van der Waals surface area contributed by atoms with Crippen molar-refractivity contribution in [3.05, 3.63) is 124 Å². The van der Waals surface area contributed by atoms with Gasteiger partial charge in [-0.25, -0.2) is 0 Å². The van der Waals surface area contributed by atoms with Crippen molar-refractivity contribution in [2.24, 2.45) is 30.0 Å². The molecule has 0 unspecified atom stereocenters. The Hall–Kier alpha value is -4.69. The van der Waals surface area contributed by atoms with Gasteiger partial charge in [0.05, 0.1) is 0 Å². The summed E-state index contributed by atoms with van der Waals surface area (Å²) in [5.74, 6) is 2.83. The van der Waals surface area contributed by atoms with Gasteiger partial charge in [0.25, 0.3) is 0 Å². The molecule has 4 aromatic carbocycles. The van der Waals surface area contributed by atoms with Crippen LogP contribution in [0.4, 0.5) is 11.6 Å². The van der Waals surface area contributed by atoms with Crippen molar-refractivity contribution < 1.29 is 13.0 Å². The number of hydrogen-bond acceptors (Lipinski definition) is 8. The molecule has 0 radical (unpaired) electrons. The third-order valence-electron chi connectivity index (χ3n) is 8.61. The Balaban J connectivity index is 1.46. The maximum absolute atomic E-state index is 12.2. The van der Waals surface area contributed by atoms with Crippen LogP contribution >= 0.6 is 8.58 Å². The van der Waals surface area contributed by atoms with E-state index in [4.69, 9.17) is 38.5 Å². The quantitative estimate of drug-likeness (QED) is 0.250. The van der Waals surface area contributed by atoms with E-state index >= 15 is 0 Å². The van der Waals surface area contributed by atoms with Crippen molar-refractivity contribution in [2.45, 2.75) is 4.90 Å². The van der Waals surface area contributed by atoms with Crippen molar-refractivity contribution in [2.75, 3.05) is 0 Å². The van der Waals surface area contributed by atoms with Gasteiger partial charge in [0.1, 0.15) is 0 Å². The SMILES string of the molecule is O=S(=O)(O)c1ccc2c(c1)C1=Nc3c4ccccc4c4[n]3[In]([Cl])[n]3c(c5ccccc5c3=NC2=N1)=NC1=NC(=N4)c2ccccc21. The first-order valence-corrected chi connectivity index (χ1v) is 22.8. The second kappa shape index (κ2) is 9.19. The summed E-state index contributed by atoms with van der Waals surface area (Å²) >= 11 is -3.87. The fourth-order valence-corrected chi connectivity index (χ4v) is 14.8. The van der Waals surface area contributed by atoms with E-state index in [0.717, 1.165) is 32.7 Å². The molecule has 0 fully saturated rings. The van der Waals surface area contributed by atoms with E-state index in [0.29, 0.717) is 51.2 Å². The Kier molecular flexibility index (Phi) is 5.30. The summed E-state index contributed by atoms with van der Waals surface area (Å²) in [7, 11) is 3.30. The fourth-order valence-electron chi connectivity index (χ4n) is 6.56. The molecule has 14 heteroatoms. The van der Waals surface area contributed by atoms with Gasteiger partial charge in [-0.2, -0.15) is 0 Å². The van der Waals surface area contributed by atoms with Gasteiger partial charge >= 0.3 is 273 Å². The molecule has 218 valence electrons. The van der Waals surface area contributed by atoms with E-state index < -0.39 is 30.9 Å². The van der Waals surface area contributed by atoms with E-state index in [-0.39, 0.29) is 10.7 Å². The molecule has 6 heterocycles. The van der Waals surface area contributed by atoms with Crippen LogP contribution in [0.2, 0.25) is 0 Å². The molecule has 0 saturated carbocycles. The summed E-state index contributed by atoms with van der Waals surface area (Å²) in [4.78, 5) is 30.1. The van der Waals surface area contributed by atoms with Crippen LogP contribution < -0.4 is 11.0 Å². The van der Waals surface area contributed by atoms with E-state index in [2.05, 4.69) is 2.55 Å². The van der Waals surface area contributed by atoms with Gasteiger partial charge in [0.15, 0.2) is 0 Å². The van der Waals surface area contributed by atoms with Crippen molar-refractivity contribution in [1.82, 2.24) is 5.11 Å². The molecule has 46 heavy (non-hydrogen) atoms. The van der Waals surface area contributed by atoms with Crippen LogP contribution in [0.15, 0.2) is 126 Å². The minimum absolute atomic E-state index is 0.256. The van der Waals surface area contributed by atoms with Crippen LogP contribution in [0.25, 0.3) is 21.5 Å². The van der Waals surface area contributed by atoms with Crippen molar-refractivity contribution in [3.63, 3.8) is 0 Å². The Bertz CT molecular complexity index is 2820. The summed E-state index contributed by atoms with van der Waals surface area (Å²) in [5, 5.41) is 3.33. The Labute approximate surface area is 271 Å². The molecular formula is C32H16ClInN8O3S.